The first kappa shape index (κ1) is 13.8. The normalized spacial score (nSPS) is 13.7. The molecule has 1 aromatic carbocycles. The van der Waals surface area contributed by atoms with Gasteiger partial charge in [-0.05, 0) is 18.6 Å². The summed E-state index contributed by atoms with van der Waals surface area (Å²) >= 11 is 11.4. The van der Waals surface area contributed by atoms with Crippen LogP contribution in [0.2, 0.25) is 5.02 Å². The molecule has 0 bridgehead atoms. The minimum absolute atomic E-state index is 0.0740. The fraction of sp³-hybridized carbons (Fsp3) is 0.400. The van der Waals surface area contributed by atoms with Gasteiger partial charge >= 0.3 is 0 Å². The van der Waals surface area contributed by atoms with Crippen LogP contribution in [0.3, 0.4) is 0 Å². The Balaban J connectivity index is 2.81. The fourth-order valence-electron chi connectivity index (χ4n) is 1.32. The Morgan fingerprint density at radius 1 is 1.38 bits per heavy atom. The number of halogens is 2. The van der Waals surface area contributed by atoms with Crippen LogP contribution >= 0.6 is 23.2 Å². The van der Waals surface area contributed by atoms with Gasteiger partial charge in [-0.15, -0.1) is 11.6 Å². The topological polar surface area (TPSA) is 46.2 Å². The molecule has 0 aromatic heterocycles. The third-order valence-electron chi connectivity index (χ3n) is 2.07. The molecule has 0 radical (unpaired) electrons. The van der Waals surface area contributed by atoms with E-state index in [0.29, 0.717) is 5.02 Å². The lowest BCUT2D eigenvalue weighted by Gasteiger charge is -2.15. The summed E-state index contributed by atoms with van der Waals surface area (Å²) in [4.78, 5) is 0. The Kier molecular flexibility index (Phi) is 5.05. The second kappa shape index (κ2) is 5.87. The van der Waals surface area contributed by atoms with Crippen LogP contribution in [0.1, 0.15) is 18.5 Å². The van der Waals surface area contributed by atoms with Gasteiger partial charge in [-0.25, -0.2) is 13.1 Å². The highest BCUT2D eigenvalue weighted by atomic mass is 35.5. The summed E-state index contributed by atoms with van der Waals surface area (Å²) in [6, 6.07) is 6.76. The number of alkyl halides is 1. The van der Waals surface area contributed by atoms with E-state index in [-0.39, 0.29) is 17.7 Å². The van der Waals surface area contributed by atoms with E-state index in [4.69, 9.17) is 23.2 Å². The van der Waals surface area contributed by atoms with Gasteiger partial charge in [0.2, 0.25) is 10.0 Å². The van der Waals surface area contributed by atoms with E-state index in [2.05, 4.69) is 4.72 Å². The summed E-state index contributed by atoms with van der Waals surface area (Å²) in [6.45, 7) is 1.74. The van der Waals surface area contributed by atoms with Gasteiger partial charge in [0.25, 0.3) is 0 Å². The molecule has 0 amide bonds. The van der Waals surface area contributed by atoms with Crippen LogP contribution in [0.5, 0.6) is 0 Å². The maximum atomic E-state index is 11.5. The average Bonchev–Trinajstić information content (AvgIpc) is 2.17. The van der Waals surface area contributed by atoms with E-state index in [9.17, 15) is 8.42 Å². The maximum Gasteiger partial charge on any atom is 0.213 e. The minimum atomic E-state index is -3.34. The second-order valence-electron chi connectivity index (χ2n) is 3.37. The number of hydrogen-bond acceptors (Lipinski definition) is 2. The summed E-state index contributed by atoms with van der Waals surface area (Å²) in [7, 11) is -3.34. The number of rotatable bonds is 5. The highest BCUT2D eigenvalue weighted by Crippen LogP contribution is 2.22. The summed E-state index contributed by atoms with van der Waals surface area (Å²) in [5, 5.41) is 0.545. The minimum Gasteiger partial charge on any atom is -0.212 e. The summed E-state index contributed by atoms with van der Waals surface area (Å²) in [6.07, 6.45) is 0. The molecule has 6 heteroatoms. The third kappa shape index (κ3) is 3.94. The van der Waals surface area contributed by atoms with Crippen molar-refractivity contribution in [2.24, 2.45) is 0 Å². The molecule has 3 nitrogen and oxygen atoms in total. The largest absolute Gasteiger partial charge is 0.213 e. The predicted molar refractivity (Wildman–Crippen MR) is 67.5 cm³/mol. The molecule has 0 aliphatic heterocycles. The fourth-order valence-corrected chi connectivity index (χ4v) is 3.22. The van der Waals surface area contributed by atoms with Crippen LogP contribution in [-0.4, -0.2) is 20.1 Å². The van der Waals surface area contributed by atoms with Gasteiger partial charge in [-0.1, -0.05) is 29.8 Å². The predicted octanol–water partition coefficient (Wildman–Crippen LogP) is 2.56. The van der Waals surface area contributed by atoms with Gasteiger partial charge in [0.05, 0.1) is 5.75 Å². The number of benzene rings is 1. The number of nitrogens with one attached hydrogen (secondary N) is 1. The zero-order valence-electron chi connectivity index (χ0n) is 8.78. The molecule has 1 N–H and O–H groups in total. The third-order valence-corrected chi connectivity index (χ3v) is 4.29. The average molecular weight is 282 g/mol. The van der Waals surface area contributed by atoms with Gasteiger partial charge < -0.3 is 0 Å². The molecular weight excluding hydrogens is 269 g/mol. The van der Waals surface area contributed by atoms with Crippen molar-refractivity contribution in [2.45, 2.75) is 13.0 Å². The summed E-state index contributed by atoms with van der Waals surface area (Å²) in [5.41, 5.74) is 0.752. The molecule has 90 valence electrons. The van der Waals surface area contributed by atoms with Crippen molar-refractivity contribution in [3.8, 4) is 0 Å². The smallest absolute Gasteiger partial charge is 0.212 e. The molecule has 0 spiro atoms. The van der Waals surface area contributed by atoms with Gasteiger partial charge in [0.1, 0.15) is 0 Å². The van der Waals surface area contributed by atoms with Crippen LogP contribution in [-0.2, 0) is 10.0 Å². The molecule has 0 unspecified atom stereocenters. The van der Waals surface area contributed by atoms with Crippen molar-refractivity contribution < 1.29 is 8.42 Å². The van der Waals surface area contributed by atoms with Gasteiger partial charge in [0, 0.05) is 16.9 Å². The first-order valence-electron chi connectivity index (χ1n) is 4.76. The van der Waals surface area contributed by atoms with Crippen LogP contribution in [0.15, 0.2) is 24.3 Å². The van der Waals surface area contributed by atoms with E-state index >= 15 is 0 Å². The molecule has 1 atom stereocenters. The molecule has 0 aliphatic carbocycles. The highest BCUT2D eigenvalue weighted by molar-refractivity contribution is 7.89. The van der Waals surface area contributed by atoms with Crippen molar-refractivity contribution in [1.82, 2.24) is 4.72 Å². The second-order valence-corrected chi connectivity index (χ2v) is 6.03. The van der Waals surface area contributed by atoms with Crippen LogP contribution in [0, 0.1) is 0 Å². The zero-order chi connectivity index (χ0) is 12.2. The van der Waals surface area contributed by atoms with E-state index in [1.54, 1.807) is 25.1 Å². The molecule has 16 heavy (non-hydrogen) atoms. The number of hydrogen-bond donors (Lipinski definition) is 1. The van der Waals surface area contributed by atoms with E-state index < -0.39 is 10.0 Å². The quantitative estimate of drug-likeness (QED) is 0.844. The summed E-state index contributed by atoms with van der Waals surface area (Å²) < 4.78 is 25.5. The van der Waals surface area contributed by atoms with E-state index in [1.807, 2.05) is 6.07 Å². The lowest BCUT2D eigenvalue weighted by Crippen LogP contribution is -2.29. The first-order chi connectivity index (χ1) is 7.46. The SMILES string of the molecule is C[C@H](NS(=O)(=O)CCCl)c1ccccc1Cl. The number of sulfonamides is 1. The Morgan fingerprint density at radius 3 is 2.56 bits per heavy atom. The monoisotopic (exact) mass is 281 g/mol. The summed E-state index contributed by atoms with van der Waals surface area (Å²) in [5.74, 6) is -0.0199. The lowest BCUT2D eigenvalue weighted by atomic mass is 10.1. The molecule has 0 fully saturated rings. The van der Waals surface area contributed by atoms with Crippen LogP contribution < -0.4 is 4.72 Å². The molecule has 0 saturated heterocycles. The Hall–Kier alpha value is -0.290. The van der Waals surface area contributed by atoms with Crippen molar-refractivity contribution in [3.63, 3.8) is 0 Å². The van der Waals surface area contributed by atoms with Gasteiger partial charge in [0.15, 0.2) is 0 Å². The standard InChI is InChI=1S/C10H13Cl2NO2S/c1-8(13-16(14,15)7-6-11)9-4-2-3-5-10(9)12/h2-5,8,13H,6-7H2,1H3/t8-/m0/s1. The zero-order valence-corrected chi connectivity index (χ0v) is 11.1. The molecule has 1 aromatic rings. The van der Waals surface area contributed by atoms with E-state index in [0.717, 1.165) is 5.56 Å². The van der Waals surface area contributed by atoms with Crippen molar-refractivity contribution in [1.29, 1.82) is 0 Å². The Labute approximate surface area is 106 Å². The molecule has 0 aliphatic rings. The first-order valence-corrected chi connectivity index (χ1v) is 7.33. The van der Waals surface area contributed by atoms with Crippen molar-refractivity contribution >= 4 is 33.2 Å². The van der Waals surface area contributed by atoms with Crippen molar-refractivity contribution in [3.05, 3.63) is 34.9 Å². The van der Waals surface area contributed by atoms with Gasteiger partial charge in [-0.2, -0.15) is 0 Å². The van der Waals surface area contributed by atoms with Crippen LogP contribution in [0.25, 0.3) is 0 Å². The molecule has 0 saturated carbocycles. The Morgan fingerprint density at radius 2 is 2.00 bits per heavy atom. The molecular formula is C10H13Cl2NO2S. The molecule has 0 heterocycles. The highest BCUT2D eigenvalue weighted by Gasteiger charge is 2.16. The van der Waals surface area contributed by atoms with Gasteiger partial charge in [-0.3, -0.25) is 0 Å². The molecule has 1 rings (SSSR count). The van der Waals surface area contributed by atoms with Crippen molar-refractivity contribution in [2.75, 3.05) is 11.6 Å². The van der Waals surface area contributed by atoms with Crippen LogP contribution in [0.4, 0.5) is 0 Å². The van der Waals surface area contributed by atoms with E-state index in [1.165, 1.54) is 0 Å². The maximum absolute atomic E-state index is 11.5. The lowest BCUT2D eigenvalue weighted by molar-refractivity contribution is 0.568. The Bertz CT molecular complexity index is 448.